The Morgan fingerprint density at radius 1 is 1.50 bits per heavy atom. The standard InChI is InChI=1S/C13H17N3/c1-3-11(15-14)8-10-9-16(2)13-7-5-4-6-12(10)13/h3-7,9,11,15H,1,8,14H2,2H3. The fourth-order valence-electron chi connectivity index (χ4n) is 2.04. The van der Waals surface area contributed by atoms with Gasteiger partial charge in [-0.1, -0.05) is 24.3 Å². The highest BCUT2D eigenvalue weighted by Crippen LogP contribution is 2.21. The summed E-state index contributed by atoms with van der Waals surface area (Å²) in [5.74, 6) is 5.45. The molecular formula is C13H17N3. The van der Waals surface area contributed by atoms with Crippen molar-refractivity contribution in [2.24, 2.45) is 12.9 Å². The summed E-state index contributed by atoms with van der Waals surface area (Å²) in [5.41, 5.74) is 5.29. The van der Waals surface area contributed by atoms with E-state index in [0.717, 1.165) is 6.42 Å². The van der Waals surface area contributed by atoms with Crippen LogP contribution >= 0.6 is 0 Å². The number of hydrogen-bond acceptors (Lipinski definition) is 2. The van der Waals surface area contributed by atoms with Crippen molar-refractivity contribution in [3.8, 4) is 0 Å². The van der Waals surface area contributed by atoms with Gasteiger partial charge in [-0.2, -0.15) is 0 Å². The Bertz CT molecular complexity index is 499. The molecule has 0 radical (unpaired) electrons. The van der Waals surface area contributed by atoms with Crippen molar-refractivity contribution in [2.45, 2.75) is 12.5 Å². The zero-order chi connectivity index (χ0) is 11.5. The number of para-hydroxylation sites is 1. The molecule has 0 bridgehead atoms. The first kappa shape index (κ1) is 10.9. The lowest BCUT2D eigenvalue weighted by Crippen LogP contribution is -2.34. The molecule has 2 aromatic rings. The third kappa shape index (κ3) is 1.87. The van der Waals surface area contributed by atoms with Crippen LogP contribution in [0.25, 0.3) is 10.9 Å². The van der Waals surface area contributed by atoms with Gasteiger partial charge < -0.3 is 4.57 Å². The number of aromatic nitrogens is 1. The minimum Gasteiger partial charge on any atom is -0.350 e. The van der Waals surface area contributed by atoms with Crippen LogP contribution in [0.4, 0.5) is 0 Å². The van der Waals surface area contributed by atoms with E-state index >= 15 is 0 Å². The zero-order valence-corrected chi connectivity index (χ0v) is 9.48. The first-order valence-electron chi connectivity index (χ1n) is 5.38. The third-order valence-electron chi connectivity index (χ3n) is 2.92. The summed E-state index contributed by atoms with van der Waals surface area (Å²) in [7, 11) is 2.06. The number of fused-ring (bicyclic) bond motifs is 1. The Labute approximate surface area is 95.5 Å². The van der Waals surface area contributed by atoms with Gasteiger partial charge in [0.15, 0.2) is 0 Å². The molecule has 0 fully saturated rings. The van der Waals surface area contributed by atoms with Crippen molar-refractivity contribution >= 4 is 10.9 Å². The van der Waals surface area contributed by atoms with Crippen LogP contribution < -0.4 is 11.3 Å². The molecular weight excluding hydrogens is 198 g/mol. The SMILES string of the molecule is C=CC(Cc1cn(C)c2ccccc12)NN. The second-order valence-electron chi connectivity index (χ2n) is 4.00. The predicted octanol–water partition coefficient (Wildman–Crippen LogP) is 1.74. The lowest BCUT2D eigenvalue weighted by atomic mass is 10.1. The highest BCUT2D eigenvalue weighted by molar-refractivity contribution is 5.83. The van der Waals surface area contributed by atoms with Crippen LogP contribution in [-0.4, -0.2) is 10.6 Å². The molecule has 1 aromatic heterocycles. The van der Waals surface area contributed by atoms with Crippen LogP contribution in [0.5, 0.6) is 0 Å². The molecule has 1 aromatic carbocycles. The van der Waals surface area contributed by atoms with E-state index in [-0.39, 0.29) is 6.04 Å². The van der Waals surface area contributed by atoms with Crippen molar-refractivity contribution in [1.29, 1.82) is 0 Å². The van der Waals surface area contributed by atoms with E-state index < -0.39 is 0 Å². The molecule has 0 spiro atoms. The number of hydrazine groups is 1. The number of nitrogens with two attached hydrogens (primary N) is 1. The van der Waals surface area contributed by atoms with Gasteiger partial charge in [0, 0.05) is 30.2 Å². The summed E-state index contributed by atoms with van der Waals surface area (Å²) in [6.45, 7) is 3.77. The van der Waals surface area contributed by atoms with Crippen molar-refractivity contribution in [1.82, 2.24) is 9.99 Å². The Hall–Kier alpha value is -1.58. The van der Waals surface area contributed by atoms with Crippen LogP contribution in [0.15, 0.2) is 43.1 Å². The topological polar surface area (TPSA) is 43.0 Å². The monoisotopic (exact) mass is 215 g/mol. The molecule has 1 heterocycles. The van der Waals surface area contributed by atoms with Gasteiger partial charge in [-0.3, -0.25) is 11.3 Å². The largest absolute Gasteiger partial charge is 0.350 e. The van der Waals surface area contributed by atoms with Crippen LogP contribution in [0.3, 0.4) is 0 Å². The number of benzene rings is 1. The van der Waals surface area contributed by atoms with E-state index in [1.54, 1.807) is 0 Å². The first-order chi connectivity index (χ1) is 7.76. The summed E-state index contributed by atoms with van der Waals surface area (Å²) in [6, 6.07) is 8.49. The lowest BCUT2D eigenvalue weighted by molar-refractivity contribution is 0.619. The maximum atomic E-state index is 5.45. The summed E-state index contributed by atoms with van der Waals surface area (Å²) in [4.78, 5) is 0. The van der Waals surface area contributed by atoms with Crippen molar-refractivity contribution in [3.63, 3.8) is 0 Å². The number of nitrogens with one attached hydrogen (secondary N) is 1. The van der Waals surface area contributed by atoms with Gasteiger partial charge in [0.2, 0.25) is 0 Å². The molecule has 84 valence electrons. The minimum absolute atomic E-state index is 0.116. The fraction of sp³-hybridized carbons (Fsp3) is 0.231. The minimum atomic E-state index is 0.116. The lowest BCUT2D eigenvalue weighted by Gasteiger charge is -2.09. The summed E-state index contributed by atoms with van der Waals surface area (Å²) in [6.07, 6.45) is 4.85. The molecule has 0 saturated heterocycles. The molecule has 0 aliphatic carbocycles. The smallest absolute Gasteiger partial charge is 0.0480 e. The predicted molar refractivity (Wildman–Crippen MR) is 67.9 cm³/mol. The summed E-state index contributed by atoms with van der Waals surface area (Å²) in [5, 5.41) is 1.28. The molecule has 1 atom stereocenters. The maximum absolute atomic E-state index is 5.45. The van der Waals surface area contributed by atoms with Crippen LogP contribution in [0.1, 0.15) is 5.56 Å². The number of nitrogens with zero attached hydrogens (tertiary/aromatic N) is 1. The Morgan fingerprint density at radius 2 is 2.25 bits per heavy atom. The van der Waals surface area contributed by atoms with Gasteiger partial charge in [-0.25, -0.2) is 0 Å². The molecule has 0 amide bonds. The van der Waals surface area contributed by atoms with Crippen LogP contribution in [0, 0.1) is 0 Å². The first-order valence-corrected chi connectivity index (χ1v) is 5.38. The number of hydrogen-bond donors (Lipinski definition) is 2. The molecule has 0 saturated carbocycles. The molecule has 2 rings (SSSR count). The van der Waals surface area contributed by atoms with Gasteiger partial charge in [0.1, 0.15) is 0 Å². The van der Waals surface area contributed by atoms with E-state index in [0.29, 0.717) is 0 Å². The molecule has 3 heteroatoms. The maximum Gasteiger partial charge on any atom is 0.0480 e. The molecule has 3 N–H and O–H groups in total. The highest BCUT2D eigenvalue weighted by atomic mass is 15.2. The Kier molecular flexibility index (Phi) is 3.08. The van der Waals surface area contributed by atoms with Gasteiger partial charge in [-0.15, -0.1) is 6.58 Å². The van der Waals surface area contributed by atoms with Crippen molar-refractivity contribution in [2.75, 3.05) is 0 Å². The van der Waals surface area contributed by atoms with Gasteiger partial charge in [0.05, 0.1) is 0 Å². The number of rotatable bonds is 4. The van der Waals surface area contributed by atoms with Crippen LogP contribution in [0.2, 0.25) is 0 Å². The molecule has 3 nitrogen and oxygen atoms in total. The second-order valence-corrected chi connectivity index (χ2v) is 4.00. The average molecular weight is 215 g/mol. The Balaban J connectivity index is 2.41. The fourth-order valence-corrected chi connectivity index (χ4v) is 2.04. The summed E-state index contributed by atoms with van der Waals surface area (Å²) >= 11 is 0. The highest BCUT2D eigenvalue weighted by Gasteiger charge is 2.09. The molecule has 1 unspecified atom stereocenters. The number of aryl methyl sites for hydroxylation is 1. The molecule has 16 heavy (non-hydrogen) atoms. The van der Waals surface area contributed by atoms with Crippen molar-refractivity contribution < 1.29 is 0 Å². The normalized spacial score (nSPS) is 12.9. The molecule has 0 aliphatic heterocycles. The second kappa shape index (κ2) is 4.51. The van der Waals surface area contributed by atoms with Gasteiger partial charge in [-0.05, 0) is 18.1 Å². The Morgan fingerprint density at radius 3 is 2.94 bits per heavy atom. The zero-order valence-electron chi connectivity index (χ0n) is 9.48. The van der Waals surface area contributed by atoms with E-state index in [4.69, 9.17) is 5.84 Å². The summed E-state index contributed by atoms with van der Waals surface area (Å²) < 4.78 is 2.14. The quantitative estimate of drug-likeness (QED) is 0.463. The van der Waals surface area contributed by atoms with Gasteiger partial charge in [0.25, 0.3) is 0 Å². The average Bonchev–Trinajstić information content (AvgIpc) is 2.64. The molecule has 0 aliphatic rings. The van der Waals surface area contributed by atoms with Gasteiger partial charge >= 0.3 is 0 Å². The van der Waals surface area contributed by atoms with Crippen LogP contribution in [-0.2, 0) is 13.5 Å². The van der Waals surface area contributed by atoms with E-state index in [2.05, 4.69) is 54.1 Å². The van der Waals surface area contributed by atoms with E-state index in [1.165, 1.54) is 16.5 Å². The van der Waals surface area contributed by atoms with Crippen molar-refractivity contribution in [3.05, 3.63) is 48.7 Å². The van der Waals surface area contributed by atoms with E-state index in [1.807, 2.05) is 6.08 Å². The van der Waals surface area contributed by atoms with E-state index in [9.17, 15) is 0 Å². The third-order valence-corrected chi connectivity index (χ3v) is 2.92.